The lowest BCUT2D eigenvalue weighted by Gasteiger charge is -2.15. The maximum absolute atomic E-state index is 11.7. The second-order valence-electron chi connectivity index (χ2n) is 4.89. The molecular formula is C17H17NO5. The first-order chi connectivity index (χ1) is 11.1. The molecule has 2 aromatic rings. The molecule has 0 aliphatic carbocycles. The third-order valence-electron chi connectivity index (χ3n) is 3.27. The number of aliphatic carboxylic acids is 1. The molecule has 0 fully saturated rings. The average Bonchev–Trinajstić information content (AvgIpc) is 2.55. The van der Waals surface area contributed by atoms with Crippen molar-refractivity contribution < 1.29 is 24.5 Å². The number of ether oxygens (including phenoxy) is 1. The van der Waals surface area contributed by atoms with Gasteiger partial charge in [0, 0.05) is 12.1 Å². The SMILES string of the molecule is O=C(NC[C@H](C(=O)O)c1ccccc1O)OCc1ccccc1. The second kappa shape index (κ2) is 7.84. The number of benzene rings is 2. The normalized spacial score (nSPS) is 11.5. The summed E-state index contributed by atoms with van der Waals surface area (Å²) in [7, 11) is 0. The van der Waals surface area contributed by atoms with E-state index in [9.17, 15) is 19.8 Å². The minimum Gasteiger partial charge on any atom is -0.508 e. The third-order valence-corrected chi connectivity index (χ3v) is 3.27. The van der Waals surface area contributed by atoms with Crippen molar-refractivity contribution in [3.8, 4) is 5.75 Å². The number of nitrogens with one attached hydrogen (secondary N) is 1. The molecule has 6 nitrogen and oxygen atoms in total. The molecule has 0 bridgehead atoms. The number of amides is 1. The highest BCUT2D eigenvalue weighted by Gasteiger charge is 2.23. The number of rotatable bonds is 6. The Morgan fingerprint density at radius 1 is 1.04 bits per heavy atom. The van der Waals surface area contributed by atoms with E-state index >= 15 is 0 Å². The van der Waals surface area contributed by atoms with Gasteiger partial charge >= 0.3 is 12.1 Å². The minimum atomic E-state index is -1.14. The number of carboxylic acids is 1. The zero-order valence-electron chi connectivity index (χ0n) is 12.3. The molecule has 0 saturated heterocycles. The summed E-state index contributed by atoms with van der Waals surface area (Å²) in [4.78, 5) is 23.0. The van der Waals surface area contributed by atoms with Gasteiger partial charge in [-0.25, -0.2) is 4.79 Å². The van der Waals surface area contributed by atoms with E-state index in [1.165, 1.54) is 12.1 Å². The van der Waals surface area contributed by atoms with Crippen LogP contribution in [0.5, 0.6) is 5.75 Å². The quantitative estimate of drug-likeness (QED) is 0.761. The number of hydrogen-bond donors (Lipinski definition) is 3. The van der Waals surface area contributed by atoms with Crippen LogP contribution in [0.25, 0.3) is 0 Å². The maximum Gasteiger partial charge on any atom is 0.407 e. The molecule has 0 aliphatic heterocycles. The van der Waals surface area contributed by atoms with Crippen LogP contribution in [0.2, 0.25) is 0 Å². The fourth-order valence-corrected chi connectivity index (χ4v) is 2.07. The van der Waals surface area contributed by atoms with Gasteiger partial charge < -0.3 is 20.3 Å². The zero-order chi connectivity index (χ0) is 16.7. The fraction of sp³-hybridized carbons (Fsp3) is 0.176. The molecule has 0 spiro atoms. The van der Waals surface area contributed by atoms with E-state index in [0.717, 1.165) is 5.56 Å². The van der Waals surface area contributed by atoms with Crippen molar-refractivity contribution in [2.75, 3.05) is 6.54 Å². The number of para-hydroxylation sites is 1. The molecule has 6 heteroatoms. The zero-order valence-corrected chi connectivity index (χ0v) is 12.3. The first-order valence-corrected chi connectivity index (χ1v) is 7.03. The molecule has 2 rings (SSSR count). The summed E-state index contributed by atoms with van der Waals surface area (Å²) in [6.07, 6.45) is -0.712. The summed E-state index contributed by atoms with van der Waals surface area (Å²) in [5.41, 5.74) is 1.07. The Labute approximate surface area is 133 Å². The lowest BCUT2D eigenvalue weighted by Crippen LogP contribution is -2.32. The number of aromatic hydroxyl groups is 1. The summed E-state index contributed by atoms with van der Waals surface area (Å²) in [6.45, 7) is -0.0818. The van der Waals surface area contributed by atoms with Gasteiger partial charge in [0.2, 0.25) is 0 Å². The van der Waals surface area contributed by atoms with Gasteiger partial charge in [0.15, 0.2) is 0 Å². The fourth-order valence-electron chi connectivity index (χ4n) is 2.07. The molecule has 23 heavy (non-hydrogen) atoms. The van der Waals surface area contributed by atoms with Crippen LogP contribution in [0.1, 0.15) is 17.0 Å². The standard InChI is InChI=1S/C17H17NO5/c19-15-9-5-4-8-13(15)14(16(20)21)10-18-17(22)23-11-12-6-2-1-3-7-12/h1-9,14,19H,10-11H2,(H,18,22)(H,20,21)/t14-/m0/s1. The van der Waals surface area contributed by atoms with Gasteiger partial charge in [-0.05, 0) is 11.6 Å². The molecule has 0 aliphatic rings. The Morgan fingerprint density at radius 2 is 1.70 bits per heavy atom. The lowest BCUT2D eigenvalue weighted by molar-refractivity contribution is -0.138. The number of phenolic OH excluding ortho intramolecular Hbond substituents is 1. The van der Waals surface area contributed by atoms with Crippen molar-refractivity contribution in [3.63, 3.8) is 0 Å². The maximum atomic E-state index is 11.7. The number of phenols is 1. The van der Waals surface area contributed by atoms with Gasteiger partial charge in [-0.15, -0.1) is 0 Å². The van der Waals surface area contributed by atoms with Gasteiger partial charge in [-0.3, -0.25) is 4.79 Å². The van der Waals surface area contributed by atoms with Crippen LogP contribution in [-0.2, 0) is 16.1 Å². The Hall–Kier alpha value is -3.02. The van der Waals surface area contributed by atoms with Crippen LogP contribution >= 0.6 is 0 Å². The van der Waals surface area contributed by atoms with Gasteiger partial charge in [0.05, 0.1) is 0 Å². The summed E-state index contributed by atoms with van der Waals surface area (Å²) >= 11 is 0. The Bertz CT molecular complexity index is 672. The highest BCUT2D eigenvalue weighted by atomic mass is 16.5. The number of carboxylic acid groups (broad SMARTS) is 1. The van der Waals surface area contributed by atoms with Crippen molar-refractivity contribution in [3.05, 3.63) is 65.7 Å². The summed E-state index contributed by atoms with van der Waals surface area (Å²) in [5, 5.41) is 21.4. The van der Waals surface area contributed by atoms with Crippen LogP contribution in [0.3, 0.4) is 0 Å². The van der Waals surface area contributed by atoms with Crippen molar-refractivity contribution in [2.24, 2.45) is 0 Å². The highest BCUT2D eigenvalue weighted by Crippen LogP contribution is 2.25. The van der Waals surface area contributed by atoms with Gasteiger partial charge in [-0.2, -0.15) is 0 Å². The van der Waals surface area contributed by atoms with E-state index < -0.39 is 18.0 Å². The topological polar surface area (TPSA) is 95.9 Å². The number of alkyl carbamates (subject to hydrolysis) is 1. The third kappa shape index (κ3) is 4.74. The summed E-state index contributed by atoms with van der Waals surface area (Å²) in [5.74, 6) is -2.32. The summed E-state index contributed by atoms with van der Waals surface area (Å²) in [6, 6.07) is 15.3. The van der Waals surface area contributed by atoms with E-state index in [1.807, 2.05) is 30.3 Å². The first-order valence-electron chi connectivity index (χ1n) is 7.03. The number of hydrogen-bond acceptors (Lipinski definition) is 4. The second-order valence-corrected chi connectivity index (χ2v) is 4.89. The van der Waals surface area contributed by atoms with Crippen LogP contribution in [0.4, 0.5) is 4.79 Å². The monoisotopic (exact) mass is 315 g/mol. The average molecular weight is 315 g/mol. The van der Waals surface area contributed by atoms with Gasteiger partial charge in [-0.1, -0.05) is 48.5 Å². The predicted molar refractivity (Wildman–Crippen MR) is 83.1 cm³/mol. The number of carbonyl (C=O) groups excluding carboxylic acids is 1. The molecule has 3 N–H and O–H groups in total. The Balaban J connectivity index is 1.90. The number of carbonyl (C=O) groups is 2. The smallest absolute Gasteiger partial charge is 0.407 e. The van der Waals surface area contributed by atoms with Crippen molar-refractivity contribution in [2.45, 2.75) is 12.5 Å². The van der Waals surface area contributed by atoms with E-state index in [-0.39, 0.29) is 24.5 Å². The van der Waals surface area contributed by atoms with Crippen LogP contribution in [0.15, 0.2) is 54.6 Å². The minimum absolute atomic E-state index is 0.0982. The molecule has 2 aromatic carbocycles. The largest absolute Gasteiger partial charge is 0.508 e. The molecule has 1 atom stereocenters. The molecule has 0 aromatic heterocycles. The molecule has 120 valence electrons. The molecule has 0 unspecified atom stereocenters. The van der Waals surface area contributed by atoms with E-state index in [1.54, 1.807) is 12.1 Å². The molecule has 1 amide bonds. The van der Waals surface area contributed by atoms with Crippen molar-refractivity contribution in [1.29, 1.82) is 0 Å². The van der Waals surface area contributed by atoms with Crippen molar-refractivity contribution >= 4 is 12.1 Å². The van der Waals surface area contributed by atoms with Crippen molar-refractivity contribution in [1.82, 2.24) is 5.32 Å². The van der Waals surface area contributed by atoms with Crippen LogP contribution in [-0.4, -0.2) is 28.8 Å². The Morgan fingerprint density at radius 3 is 2.35 bits per heavy atom. The predicted octanol–water partition coefficient (Wildman–Crippen LogP) is 2.49. The molecule has 0 saturated carbocycles. The van der Waals surface area contributed by atoms with Crippen LogP contribution < -0.4 is 5.32 Å². The first kappa shape index (κ1) is 16.4. The van der Waals surface area contributed by atoms with Gasteiger partial charge in [0.1, 0.15) is 18.3 Å². The lowest BCUT2D eigenvalue weighted by atomic mass is 9.98. The molecule has 0 radical (unpaired) electrons. The Kier molecular flexibility index (Phi) is 5.57. The van der Waals surface area contributed by atoms with Crippen LogP contribution in [0, 0.1) is 0 Å². The highest BCUT2D eigenvalue weighted by molar-refractivity contribution is 5.78. The van der Waals surface area contributed by atoms with E-state index in [2.05, 4.69) is 5.32 Å². The van der Waals surface area contributed by atoms with E-state index in [0.29, 0.717) is 0 Å². The van der Waals surface area contributed by atoms with Gasteiger partial charge in [0.25, 0.3) is 0 Å². The summed E-state index contributed by atoms with van der Waals surface area (Å²) < 4.78 is 5.02. The molecular weight excluding hydrogens is 298 g/mol. The molecule has 0 heterocycles. The van der Waals surface area contributed by atoms with E-state index in [4.69, 9.17) is 4.74 Å².